The number of phenols is 2. The van der Waals surface area contributed by atoms with Gasteiger partial charge in [0, 0.05) is 11.8 Å². The number of benzene rings is 2. The SMILES string of the molecule is Nc1cc(O)c(C(=O)c2ccccc2O)c(C(=O)O)c1. The van der Waals surface area contributed by atoms with Crippen LogP contribution in [-0.2, 0) is 0 Å². The van der Waals surface area contributed by atoms with Gasteiger partial charge in [0.2, 0.25) is 5.78 Å². The molecule has 0 aliphatic carbocycles. The second kappa shape index (κ2) is 4.93. The average Bonchev–Trinajstić information content (AvgIpc) is 2.37. The van der Waals surface area contributed by atoms with Crippen molar-refractivity contribution in [2.24, 2.45) is 0 Å². The number of carboxylic acid groups (broad SMARTS) is 1. The molecule has 0 fully saturated rings. The minimum atomic E-state index is -1.40. The number of anilines is 1. The summed E-state index contributed by atoms with van der Waals surface area (Å²) in [6.45, 7) is 0. The van der Waals surface area contributed by atoms with Gasteiger partial charge in [0.05, 0.1) is 16.7 Å². The van der Waals surface area contributed by atoms with Gasteiger partial charge >= 0.3 is 5.97 Å². The number of rotatable bonds is 3. The van der Waals surface area contributed by atoms with E-state index < -0.39 is 28.6 Å². The summed E-state index contributed by atoms with van der Waals surface area (Å²) in [4.78, 5) is 23.5. The molecule has 0 bridgehead atoms. The molecule has 0 aromatic heterocycles. The molecular weight excluding hydrogens is 262 g/mol. The number of ketones is 1. The van der Waals surface area contributed by atoms with E-state index in [0.717, 1.165) is 12.1 Å². The number of carboxylic acids is 1. The quantitative estimate of drug-likeness (QED) is 0.498. The Balaban J connectivity index is 2.67. The number of nitrogens with two attached hydrogens (primary N) is 1. The smallest absolute Gasteiger partial charge is 0.336 e. The molecular formula is C14H11NO5. The van der Waals surface area contributed by atoms with Crippen LogP contribution >= 0.6 is 0 Å². The first-order valence-electron chi connectivity index (χ1n) is 5.60. The molecule has 2 aromatic carbocycles. The topological polar surface area (TPSA) is 121 Å². The van der Waals surface area contributed by atoms with Crippen molar-refractivity contribution in [3.05, 3.63) is 53.1 Å². The van der Waals surface area contributed by atoms with Crippen LogP contribution in [0.3, 0.4) is 0 Å². The van der Waals surface area contributed by atoms with E-state index in [1.807, 2.05) is 0 Å². The highest BCUT2D eigenvalue weighted by molar-refractivity contribution is 6.17. The van der Waals surface area contributed by atoms with E-state index in [-0.39, 0.29) is 17.0 Å². The van der Waals surface area contributed by atoms with Crippen LogP contribution in [0.4, 0.5) is 5.69 Å². The highest BCUT2D eigenvalue weighted by Crippen LogP contribution is 2.30. The van der Waals surface area contributed by atoms with E-state index in [9.17, 15) is 19.8 Å². The van der Waals surface area contributed by atoms with Crippen molar-refractivity contribution >= 4 is 17.4 Å². The zero-order chi connectivity index (χ0) is 14.9. The van der Waals surface area contributed by atoms with Gasteiger partial charge in [-0.25, -0.2) is 4.79 Å². The first-order valence-corrected chi connectivity index (χ1v) is 5.60. The van der Waals surface area contributed by atoms with Crippen LogP contribution in [0.2, 0.25) is 0 Å². The molecule has 0 spiro atoms. The van der Waals surface area contributed by atoms with E-state index >= 15 is 0 Å². The summed E-state index contributed by atoms with van der Waals surface area (Å²) in [6.07, 6.45) is 0. The number of phenolic OH excluding ortho intramolecular Hbond substituents is 2. The molecule has 0 unspecified atom stereocenters. The fourth-order valence-electron chi connectivity index (χ4n) is 1.86. The third-order valence-electron chi connectivity index (χ3n) is 2.75. The number of carbonyl (C=O) groups is 2. The number of carbonyl (C=O) groups excluding carboxylic acids is 1. The Morgan fingerprint density at radius 1 is 0.950 bits per heavy atom. The predicted molar refractivity (Wildman–Crippen MR) is 71.0 cm³/mol. The van der Waals surface area contributed by atoms with Gasteiger partial charge in [0.1, 0.15) is 11.5 Å². The van der Waals surface area contributed by atoms with E-state index in [1.165, 1.54) is 24.3 Å². The Hall–Kier alpha value is -3.02. The second-order valence-electron chi connectivity index (χ2n) is 4.11. The molecule has 20 heavy (non-hydrogen) atoms. The number of aromatic hydroxyl groups is 2. The molecule has 0 saturated carbocycles. The third kappa shape index (κ3) is 2.26. The lowest BCUT2D eigenvalue weighted by Crippen LogP contribution is -2.11. The van der Waals surface area contributed by atoms with E-state index in [1.54, 1.807) is 0 Å². The molecule has 0 radical (unpaired) electrons. The summed E-state index contributed by atoms with van der Waals surface area (Å²) in [6, 6.07) is 7.82. The van der Waals surface area contributed by atoms with Gasteiger partial charge in [-0.3, -0.25) is 4.79 Å². The molecule has 5 N–H and O–H groups in total. The molecule has 2 rings (SSSR count). The summed E-state index contributed by atoms with van der Waals surface area (Å²) < 4.78 is 0. The van der Waals surface area contributed by atoms with Gasteiger partial charge in [0.25, 0.3) is 0 Å². The third-order valence-corrected chi connectivity index (χ3v) is 2.75. The Labute approximate surface area is 113 Å². The molecule has 0 aliphatic heterocycles. The standard InChI is InChI=1S/C14H11NO5/c15-7-5-9(14(19)20)12(11(17)6-7)13(18)8-3-1-2-4-10(8)16/h1-6,16-17H,15H2,(H,19,20). The van der Waals surface area contributed by atoms with Crippen LogP contribution in [0.1, 0.15) is 26.3 Å². The first kappa shape index (κ1) is 13.4. The molecule has 6 heteroatoms. The maximum Gasteiger partial charge on any atom is 0.336 e. The van der Waals surface area contributed by atoms with Gasteiger partial charge in [-0.1, -0.05) is 12.1 Å². The van der Waals surface area contributed by atoms with E-state index in [4.69, 9.17) is 10.8 Å². The maximum atomic E-state index is 12.3. The minimum Gasteiger partial charge on any atom is -0.507 e. The number of nitrogen functional groups attached to an aromatic ring is 1. The van der Waals surface area contributed by atoms with Crippen LogP contribution in [0.5, 0.6) is 11.5 Å². The molecule has 0 aliphatic rings. The monoisotopic (exact) mass is 273 g/mol. The van der Waals surface area contributed by atoms with Crippen molar-refractivity contribution in [1.29, 1.82) is 0 Å². The molecule has 0 saturated heterocycles. The first-order chi connectivity index (χ1) is 9.41. The summed E-state index contributed by atoms with van der Waals surface area (Å²) in [5, 5.41) is 28.5. The summed E-state index contributed by atoms with van der Waals surface area (Å²) in [5.74, 6) is -3.04. The van der Waals surface area contributed by atoms with E-state index in [0.29, 0.717) is 0 Å². The van der Waals surface area contributed by atoms with Crippen LogP contribution in [0, 0.1) is 0 Å². The summed E-state index contributed by atoms with van der Waals surface area (Å²) >= 11 is 0. The van der Waals surface area contributed by atoms with Crippen molar-refractivity contribution in [2.45, 2.75) is 0 Å². The van der Waals surface area contributed by atoms with Gasteiger partial charge in [-0.05, 0) is 18.2 Å². The number of para-hydroxylation sites is 1. The molecule has 0 amide bonds. The molecule has 6 nitrogen and oxygen atoms in total. The number of aromatic carboxylic acids is 1. The lowest BCUT2D eigenvalue weighted by molar-refractivity contribution is 0.0692. The lowest BCUT2D eigenvalue weighted by atomic mass is 9.96. The van der Waals surface area contributed by atoms with Crippen LogP contribution < -0.4 is 5.73 Å². The largest absolute Gasteiger partial charge is 0.507 e. The van der Waals surface area contributed by atoms with Crippen LogP contribution in [0.15, 0.2) is 36.4 Å². The Morgan fingerprint density at radius 2 is 1.60 bits per heavy atom. The van der Waals surface area contributed by atoms with Crippen molar-refractivity contribution in [2.75, 3.05) is 5.73 Å². The molecule has 102 valence electrons. The van der Waals surface area contributed by atoms with Gasteiger partial charge < -0.3 is 21.1 Å². The summed E-state index contributed by atoms with van der Waals surface area (Å²) in [5.41, 5.74) is 4.54. The van der Waals surface area contributed by atoms with Crippen LogP contribution in [-0.4, -0.2) is 27.1 Å². The molecule has 0 atom stereocenters. The number of hydrogen-bond donors (Lipinski definition) is 4. The van der Waals surface area contributed by atoms with Crippen molar-refractivity contribution in [3.63, 3.8) is 0 Å². The minimum absolute atomic E-state index is 0.0220. The zero-order valence-corrected chi connectivity index (χ0v) is 10.2. The van der Waals surface area contributed by atoms with Gasteiger partial charge in [-0.15, -0.1) is 0 Å². The fraction of sp³-hybridized carbons (Fsp3) is 0. The average molecular weight is 273 g/mol. The van der Waals surface area contributed by atoms with Crippen molar-refractivity contribution in [1.82, 2.24) is 0 Å². The van der Waals surface area contributed by atoms with Crippen LogP contribution in [0.25, 0.3) is 0 Å². The zero-order valence-electron chi connectivity index (χ0n) is 10.2. The highest BCUT2D eigenvalue weighted by atomic mass is 16.4. The molecule has 0 heterocycles. The normalized spacial score (nSPS) is 10.2. The van der Waals surface area contributed by atoms with Crippen molar-refractivity contribution < 1.29 is 24.9 Å². The lowest BCUT2D eigenvalue weighted by Gasteiger charge is -2.10. The summed E-state index contributed by atoms with van der Waals surface area (Å²) in [7, 11) is 0. The Morgan fingerprint density at radius 3 is 2.20 bits per heavy atom. The van der Waals surface area contributed by atoms with Crippen molar-refractivity contribution in [3.8, 4) is 11.5 Å². The fourth-order valence-corrected chi connectivity index (χ4v) is 1.86. The Kier molecular flexibility index (Phi) is 3.30. The van der Waals surface area contributed by atoms with E-state index in [2.05, 4.69) is 0 Å². The maximum absolute atomic E-state index is 12.3. The van der Waals surface area contributed by atoms with Gasteiger partial charge in [-0.2, -0.15) is 0 Å². The highest BCUT2D eigenvalue weighted by Gasteiger charge is 2.24. The Bertz CT molecular complexity index is 709. The predicted octanol–water partition coefficient (Wildman–Crippen LogP) is 1.61. The second-order valence-corrected chi connectivity index (χ2v) is 4.11. The molecule has 2 aromatic rings. The van der Waals surface area contributed by atoms with Gasteiger partial charge in [0.15, 0.2) is 0 Å². The number of hydrogen-bond acceptors (Lipinski definition) is 5.